The molecule has 0 fully saturated rings. The minimum Gasteiger partial charge on any atom is -0.375 e. The summed E-state index contributed by atoms with van der Waals surface area (Å²) in [6.07, 6.45) is -0.420. The van der Waals surface area contributed by atoms with Crippen LogP contribution in [0.2, 0.25) is 0 Å². The summed E-state index contributed by atoms with van der Waals surface area (Å²) < 4.78 is 5.39. The highest BCUT2D eigenvalue weighted by molar-refractivity contribution is 6.39. The van der Waals surface area contributed by atoms with Gasteiger partial charge in [0.25, 0.3) is 5.69 Å². The number of carbonyl (C=O) groups is 2. The summed E-state index contributed by atoms with van der Waals surface area (Å²) in [5.41, 5.74) is 2.26. The first-order valence-electron chi connectivity index (χ1n) is 8.26. The lowest BCUT2D eigenvalue weighted by Crippen LogP contribution is -2.38. The zero-order valence-corrected chi connectivity index (χ0v) is 15.3. The Hall–Kier alpha value is -3.26. The Morgan fingerprint density at radius 3 is 2.48 bits per heavy atom. The van der Waals surface area contributed by atoms with Gasteiger partial charge in [-0.1, -0.05) is 30.3 Å². The molecule has 8 heteroatoms. The Bertz CT molecular complexity index is 866. The third-order valence-electron chi connectivity index (χ3n) is 4.07. The van der Waals surface area contributed by atoms with Gasteiger partial charge < -0.3 is 15.4 Å². The van der Waals surface area contributed by atoms with E-state index in [4.69, 9.17) is 4.74 Å². The van der Waals surface area contributed by atoms with E-state index in [0.717, 1.165) is 11.1 Å². The van der Waals surface area contributed by atoms with Gasteiger partial charge in [-0.3, -0.25) is 19.7 Å². The van der Waals surface area contributed by atoms with Crippen LogP contribution in [-0.2, 0) is 14.3 Å². The number of amides is 2. The summed E-state index contributed by atoms with van der Waals surface area (Å²) in [5.74, 6) is -1.89. The summed E-state index contributed by atoms with van der Waals surface area (Å²) in [6.45, 7) is 3.71. The molecule has 0 saturated carbocycles. The van der Waals surface area contributed by atoms with Gasteiger partial charge in [0, 0.05) is 19.7 Å². The molecule has 2 amide bonds. The van der Waals surface area contributed by atoms with Crippen LogP contribution in [0.3, 0.4) is 0 Å². The van der Waals surface area contributed by atoms with Gasteiger partial charge in [-0.2, -0.15) is 0 Å². The van der Waals surface area contributed by atoms with Crippen molar-refractivity contribution in [2.45, 2.75) is 20.0 Å². The van der Waals surface area contributed by atoms with E-state index in [1.54, 1.807) is 13.0 Å². The molecule has 1 unspecified atom stereocenters. The highest BCUT2D eigenvalue weighted by Crippen LogP contribution is 2.25. The first-order valence-corrected chi connectivity index (χ1v) is 8.26. The van der Waals surface area contributed by atoms with Gasteiger partial charge in [0.05, 0.1) is 11.0 Å². The van der Waals surface area contributed by atoms with Crippen LogP contribution in [0.5, 0.6) is 0 Å². The number of nitrogens with zero attached hydrogens (tertiary/aromatic N) is 1. The van der Waals surface area contributed by atoms with E-state index >= 15 is 0 Å². The third kappa shape index (κ3) is 5.11. The van der Waals surface area contributed by atoms with E-state index in [0.29, 0.717) is 5.56 Å². The molecule has 142 valence electrons. The summed E-state index contributed by atoms with van der Waals surface area (Å²) in [6, 6.07) is 11.9. The van der Waals surface area contributed by atoms with Gasteiger partial charge in [0.1, 0.15) is 5.69 Å². The second kappa shape index (κ2) is 8.91. The van der Waals surface area contributed by atoms with Crippen LogP contribution in [0.25, 0.3) is 0 Å². The SMILES string of the molecule is COC(CNC(=O)C(=O)Nc1ccc(C)cc1[N+](=O)[O-])c1ccccc1C. The molecule has 2 aromatic carbocycles. The quantitative estimate of drug-likeness (QED) is 0.461. The molecular weight excluding hydrogens is 350 g/mol. The number of ether oxygens (including phenoxy) is 1. The predicted molar refractivity (Wildman–Crippen MR) is 100 cm³/mol. The molecule has 0 heterocycles. The second-order valence-electron chi connectivity index (χ2n) is 6.02. The maximum absolute atomic E-state index is 12.1. The molecule has 27 heavy (non-hydrogen) atoms. The van der Waals surface area contributed by atoms with Crippen molar-refractivity contribution in [3.05, 3.63) is 69.3 Å². The Labute approximate surface area is 156 Å². The number of aryl methyl sites for hydroxylation is 2. The van der Waals surface area contributed by atoms with Crippen molar-refractivity contribution in [2.75, 3.05) is 19.0 Å². The Morgan fingerprint density at radius 2 is 1.85 bits per heavy atom. The molecule has 0 radical (unpaired) electrons. The van der Waals surface area contributed by atoms with Crippen LogP contribution in [0.1, 0.15) is 22.8 Å². The summed E-state index contributed by atoms with van der Waals surface area (Å²) in [7, 11) is 1.51. The molecular formula is C19H21N3O5. The molecule has 2 rings (SSSR count). The van der Waals surface area contributed by atoms with Crippen LogP contribution in [0.15, 0.2) is 42.5 Å². The monoisotopic (exact) mass is 371 g/mol. The first-order chi connectivity index (χ1) is 12.8. The molecule has 2 aromatic rings. The number of rotatable bonds is 6. The highest BCUT2D eigenvalue weighted by atomic mass is 16.6. The van der Waals surface area contributed by atoms with Gasteiger partial charge in [0.15, 0.2) is 0 Å². The topological polar surface area (TPSA) is 111 Å². The van der Waals surface area contributed by atoms with Crippen LogP contribution >= 0.6 is 0 Å². The van der Waals surface area contributed by atoms with Gasteiger partial charge in [-0.15, -0.1) is 0 Å². The molecule has 0 aliphatic heterocycles. The van der Waals surface area contributed by atoms with Crippen molar-refractivity contribution in [1.82, 2.24) is 5.32 Å². The van der Waals surface area contributed by atoms with E-state index in [1.807, 2.05) is 31.2 Å². The number of nitrogens with one attached hydrogen (secondary N) is 2. The number of methoxy groups -OCH3 is 1. The van der Waals surface area contributed by atoms with E-state index in [-0.39, 0.29) is 17.9 Å². The third-order valence-corrected chi connectivity index (χ3v) is 4.07. The smallest absolute Gasteiger partial charge is 0.313 e. The van der Waals surface area contributed by atoms with Crippen LogP contribution in [0, 0.1) is 24.0 Å². The van der Waals surface area contributed by atoms with Crippen molar-refractivity contribution < 1.29 is 19.2 Å². The van der Waals surface area contributed by atoms with E-state index in [9.17, 15) is 19.7 Å². The van der Waals surface area contributed by atoms with E-state index < -0.39 is 22.8 Å². The number of nitro benzene ring substituents is 1. The van der Waals surface area contributed by atoms with E-state index in [1.165, 1.54) is 19.2 Å². The number of hydrogen-bond acceptors (Lipinski definition) is 5. The largest absolute Gasteiger partial charge is 0.375 e. The number of hydrogen-bond donors (Lipinski definition) is 2. The maximum atomic E-state index is 12.1. The molecule has 2 N–H and O–H groups in total. The molecule has 0 bridgehead atoms. The fraction of sp³-hybridized carbons (Fsp3) is 0.263. The zero-order chi connectivity index (χ0) is 20.0. The zero-order valence-electron chi connectivity index (χ0n) is 15.3. The number of carbonyl (C=O) groups excluding carboxylic acids is 2. The molecule has 0 saturated heterocycles. The molecule has 0 aliphatic rings. The second-order valence-corrected chi connectivity index (χ2v) is 6.02. The Balaban J connectivity index is 2.03. The average Bonchev–Trinajstić information content (AvgIpc) is 2.64. The van der Waals surface area contributed by atoms with Gasteiger partial charge in [-0.25, -0.2) is 0 Å². The molecule has 0 aliphatic carbocycles. The van der Waals surface area contributed by atoms with Crippen LogP contribution in [0.4, 0.5) is 11.4 Å². The average molecular weight is 371 g/mol. The normalized spacial score (nSPS) is 11.5. The lowest BCUT2D eigenvalue weighted by atomic mass is 10.0. The minimum atomic E-state index is -0.985. The lowest BCUT2D eigenvalue weighted by Gasteiger charge is -2.18. The summed E-state index contributed by atoms with van der Waals surface area (Å²) in [4.78, 5) is 34.7. The highest BCUT2D eigenvalue weighted by Gasteiger charge is 2.21. The number of anilines is 1. The van der Waals surface area contributed by atoms with Crippen molar-refractivity contribution >= 4 is 23.2 Å². The van der Waals surface area contributed by atoms with Gasteiger partial charge in [0.2, 0.25) is 0 Å². The standard InChI is InChI=1S/C19H21N3O5/c1-12-8-9-15(16(10-12)22(25)26)21-19(24)18(23)20-11-17(27-3)14-7-5-4-6-13(14)2/h4-10,17H,11H2,1-3H3,(H,20,23)(H,21,24). The predicted octanol–water partition coefficient (Wildman–Crippen LogP) is 2.65. The maximum Gasteiger partial charge on any atom is 0.313 e. The van der Waals surface area contributed by atoms with Crippen LogP contribution < -0.4 is 10.6 Å². The lowest BCUT2D eigenvalue weighted by molar-refractivity contribution is -0.384. The summed E-state index contributed by atoms with van der Waals surface area (Å²) >= 11 is 0. The fourth-order valence-electron chi connectivity index (χ4n) is 2.61. The van der Waals surface area contributed by atoms with Gasteiger partial charge in [-0.05, 0) is 36.6 Å². The Morgan fingerprint density at radius 1 is 1.15 bits per heavy atom. The van der Waals surface area contributed by atoms with Crippen molar-refractivity contribution in [1.29, 1.82) is 0 Å². The van der Waals surface area contributed by atoms with E-state index in [2.05, 4.69) is 10.6 Å². The van der Waals surface area contributed by atoms with Crippen molar-refractivity contribution in [3.8, 4) is 0 Å². The van der Waals surface area contributed by atoms with Crippen molar-refractivity contribution in [2.24, 2.45) is 0 Å². The Kier molecular flexibility index (Phi) is 6.62. The van der Waals surface area contributed by atoms with Crippen LogP contribution in [-0.4, -0.2) is 30.4 Å². The molecule has 1 atom stereocenters. The minimum absolute atomic E-state index is 0.0343. The first kappa shape index (κ1) is 20.1. The molecule has 8 nitrogen and oxygen atoms in total. The molecule has 0 spiro atoms. The number of nitro groups is 1. The fourth-order valence-corrected chi connectivity index (χ4v) is 2.61. The van der Waals surface area contributed by atoms with Gasteiger partial charge >= 0.3 is 11.8 Å². The summed E-state index contributed by atoms with van der Waals surface area (Å²) in [5, 5.41) is 15.9. The van der Waals surface area contributed by atoms with Crippen molar-refractivity contribution in [3.63, 3.8) is 0 Å². The number of benzene rings is 2. The molecule has 0 aromatic heterocycles.